The van der Waals surface area contributed by atoms with Crippen LogP contribution in [0.5, 0.6) is 0 Å². The maximum absolute atomic E-state index is 12.6. The summed E-state index contributed by atoms with van der Waals surface area (Å²) < 4.78 is 5.29. The molecule has 0 bridgehead atoms. The second-order valence-electron chi connectivity index (χ2n) is 7.44. The fourth-order valence-corrected chi connectivity index (χ4v) is 3.90. The van der Waals surface area contributed by atoms with Gasteiger partial charge in [-0.2, -0.15) is 0 Å². The Kier molecular flexibility index (Phi) is 5.74. The number of carbonyl (C=O) groups is 1. The van der Waals surface area contributed by atoms with Gasteiger partial charge in [-0.25, -0.2) is 15.0 Å². The van der Waals surface area contributed by atoms with E-state index in [0.29, 0.717) is 18.7 Å². The van der Waals surface area contributed by atoms with Gasteiger partial charge in [0.15, 0.2) is 5.65 Å². The second-order valence-corrected chi connectivity index (χ2v) is 7.44. The summed E-state index contributed by atoms with van der Waals surface area (Å²) in [4.78, 5) is 28.9. The molecule has 1 aliphatic rings. The van der Waals surface area contributed by atoms with E-state index in [0.717, 1.165) is 60.6 Å². The zero-order valence-corrected chi connectivity index (χ0v) is 17.0. The van der Waals surface area contributed by atoms with Crippen LogP contribution in [-0.2, 0) is 24.2 Å². The van der Waals surface area contributed by atoms with E-state index in [1.165, 1.54) is 0 Å². The quantitative estimate of drug-likeness (QED) is 0.692. The third-order valence-corrected chi connectivity index (χ3v) is 5.51. The number of amides is 1. The van der Waals surface area contributed by atoms with Crippen molar-refractivity contribution in [2.75, 3.05) is 18.0 Å². The smallest absolute Gasteiger partial charge is 0.225 e. The highest BCUT2D eigenvalue weighted by atomic mass is 16.3. The minimum Gasteiger partial charge on any atom is -0.467 e. The molecule has 4 rings (SSSR count). The van der Waals surface area contributed by atoms with E-state index >= 15 is 0 Å². The van der Waals surface area contributed by atoms with E-state index in [-0.39, 0.29) is 11.8 Å². The standard InChI is InChI=1S/C22H27N5O2/c1-3-18-19(4-2)26-21-20(25-18)11-16(12-23-21)27-9-5-7-15(14-27)22(28)24-13-17-8-6-10-29-17/h6,8,10-12,15H,3-5,7,9,13-14H2,1-2H3,(H,24,28)/t15-/m1/s1. The van der Waals surface area contributed by atoms with Crippen molar-refractivity contribution in [1.29, 1.82) is 0 Å². The SMILES string of the molecule is CCc1nc2cc(N3CCC[C@@H](C(=O)NCc4ccco4)C3)cnc2nc1CC. The molecular weight excluding hydrogens is 366 g/mol. The van der Waals surface area contributed by atoms with Gasteiger partial charge in [-0.1, -0.05) is 13.8 Å². The lowest BCUT2D eigenvalue weighted by Crippen LogP contribution is -2.43. The number of hydrogen-bond donors (Lipinski definition) is 1. The summed E-state index contributed by atoms with van der Waals surface area (Å²) in [6, 6.07) is 5.74. The fraction of sp³-hybridized carbons (Fsp3) is 0.455. The molecule has 3 aromatic heterocycles. The van der Waals surface area contributed by atoms with Crippen LogP contribution in [0.2, 0.25) is 0 Å². The first-order valence-corrected chi connectivity index (χ1v) is 10.4. The largest absolute Gasteiger partial charge is 0.467 e. The Hall–Kier alpha value is -2.96. The first-order chi connectivity index (χ1) is 14.2. The van der Waals surface area contributed by atoms with Gasteiger partial charge in [0.25, 0.3) is 0 Å². The molecule has 1 saturated heterocycles. The molecule has 0 unspecified atom stereocenters. The van der Waals surface area contributed by atoms with Gasteiger partial charge in [0, 0.05) is 13.1 Å². The van der Waals surface area contributed by atoms with Crippen molar-refractivity contribution >= 4 is 22.8 Å². The van der Waals surface area contributed by atoms with Crippen molar-refractivity contribution in [3.8, 4) is 0 Å². The summed E-state index contributed by atoms with van der Waals surface area (Å²) in [7, 11) is 0. The highest BCUT2D eigenvalue weighted by molar-refractivity contribution is 5.80. The third kappa shape index (κ3) is 4.23. The van der Waals surface area contributed by atoms with Gasteiger partial charge in [0.05, 0.1) is 42.0 Å². The number of aryl methyl sites for hydroxylation is 2. The van der Waals surface area contributed by atoms with Crippen LogP contribution in [0.1, 0.15) is 43.8 Å². The number of furan rings is 1. The molecule has 7 heteroatoms. The molecule has 0 spiro atoms. The molecule has 4 heterocycles. The maximum Gasteiger partial charge on any atom is 0.225 e. The average molecular weight is 393 g/mol. The number of hydrogen-bond acceptors (Lipinski definition) is 6. The van der Waals surface area contributed by atoms with Crippen molar-refractivity contribution in [1.82, 2.24) is 20.3 Å². The number of fused-ring (bicyclic) bond motifs is 1. The Morgan fingerprint density at radius 2 is 2.10 bits per heavy atom. The highest BCUT2D eigenvalue weighted by Crippen LogP contribution is 2.25. The Morgan fingerprint density at radius 1 is 1.28 bits per heavy atom. The normalized spacial score (nSPS) is 16.9. The summed E-state index contributed by atoms with van der Waals surface area (Å²) in [6.45, 7) is 6.21. The predicted octanol–water partition coefficient (Wildman–Crippen LogP) is 3.28. The Labute approximate surface area is 170 Å². The fourth-order valence-electron chi connectivity index (χ4n) is 3.90. The highest BCUT2D eigenvalue weighted by Gasteiger charge is 2.26. The number of anilines is 1. The summed E-state index contributed by atoms with van der Waals surface area (Å²) in [6.07, 6.45) is 7.05. The van der Waals surface area contributed by atoms with Gasteiger partial charge in [-0.05, 0) is 43.9 Å². The van der Waals surface area contributed by atoms with Crippen LogP contribution < -0.4 is 10.2 Å². The van der Waals surface area contributed by atoms with Gasteiger partial charge in [-0.3, -0.25) is 4.79 Å². The van der Waals surface area contributed by atoms with Crippen molar-refractivity contribution in [2.24, 2.45) is 5.92 Å². The molecule has 1 aliphatic heterocycles. The monoisotopic (exact) mass is 393 g/mol. The van der Waals surface area contributed by atoms with Gasteiger partial charge in [0.1, 0.15) is 11.3 Å². The summed E-state index contributed by atoms with van der Waals surface area (Å²) in [5, 5.41) is 2.99. The van der Waals surface area contributed by atoms with E-state index in [2.05, 4.69) is 40.1 Å². The summed E-state index contributed by atoms with van der Waals surface area (Å²) >= 11 is 0. The van der Waals surface area contributed by atoms with E-state index in [9.17, 15) is 4.79 Å². The van der Waals surface area contributed by atoms with Gasteiger partial charge in [-0.15, -0.1) is 0 Å². The topological polar surface area (TPSA) is 84.2 Å². The Balaban J connectivity index is 1.48. The lowest BCUT2D eigenvalue weighted by molar-refractivity contribution is -0.125. The van der Waals surface area contributed by atoms with Gasteiger partial charge >= 0.3 is 0 Å². The second kappa shape index (κ2) is 8.59. The molecule has 0 saturated carbocycles. The van der Waals surface area contributed by atoms with Gasteiger partial charge in [0.2, 0.25) is 5.91 Å². The number of piperidine rings is 1. The predicted molar refractivity (Wildman–Crippen MR) is 112 cm³/mol. The van der Waals surface area contributed by atoms with Crippen LogP contribution in [0.3, 0.4) is 0 Å². The summed E-state index contributed by atoms with van der Waals surface area (Å²) in [5.74, 6) is 0.788. The third-order valence-electron chi connectivity index (χ3n) is 5.51. The number of carbonyl (C=O) groups excluding carboxylic acids is 1. The number of nitrogens with zero attached hydrogens (tertiary/aromatic N) is 4. The van der Waals surface area contributed by atoms with E-state index in [1.807, 2.05) is 18.3 Å². The number of pyridine rings is 1. The van der Waals surface area contributed by atoms with Crippen molar-refractivity contribution in [2.45, 2.75) is 46.1 Å². The molecule has 1 N–H and O–H groups in total. The molecule has 29 heavy (non-hydrogen) atoms. The van der Waals surface area contributed by atoms with E-state index in [4.69, 9.17) is 9.40 Å². The first-order valence-electron chi connectivity index (χ1n) is 10.4. The van der Waals surface area contributed by atoms with E-state index < -0.39 is 0 Å². The minimum absolute atomic E-state index is 0.0471. The van der Waals surface area contributed by atoms with Gasteiger partial charge < -0.3 is 14.6 Å². The van der Waals surface area contributed by atoms with Crippen LogP contribution in [0.4, 0.5) is 5.69 Å². The zero-order chi connectivity index (χ0) is 20.2. The first kappa shape index (κ1) is 19.4. The summed E-state index contributed by atoms with van der Waals surface area (Å²) in [5.41, 5.74) is 4.56. The number of rotatable bonds is 6. The van der Waals surface area contributed by atoms with Crippen molar-refractivity contribution in [3.05, 3.63) is 47.8 Å². The molecule has 0 radical (unpaired) electrons. The molecule has 152 valence electrons. The Bertz CT molecular complexity index is 986. The molecule has 1 atom stereocenters. The molecular formula is C22H27N5O2. The van der Waals surface area contributed by atoms with E-state index in [1.54, 1.807) is 6.26 Å². The molecule has 0 aromatic carbocycles. The lowest BCUT2D eigenvalue weighted by atomic mass is 9.96. The molecule has 3 aromatic rings. The van der Waals surface area contributed by atoms with Crippen LogP contribution in [0.25, 0.3) is 11.2 Å². The number of nitrogens with one attached hydrogen (secondary N) is 1. The van der Waals surface area contributed by atoms with Crippen molar-refractivity contribution < 1.29 is 9.21 Å². The molecule has 7 nitrogen and oxygen atoms in total. The van der Waals surface area contributed by atoms with Crippen LogP contribution >= 0.6 is 0 Å². The van der Waals surface area contributed by atoms with Crippen LogP contribution in [0.15, 0.2) is 35.1 Å². The molecule has 0 aliphatic carbocycles. The average Bonchev–Trinajstić information content (AvgIpc) is 3.29. The zero-order valence-electron chi connectivity index (χ0n) is 17.0. The lowest BCUT2D eigenvalue weighted by Gasteiger charge is -2.33. The molecule has 1 amide bonds. The van der Waals surface area contributed by atoms with Crippen molar-refractivity contribution in [3.63, 3.8) is 0 Å². The minimum atomic E-state index is -0.0471. The Morgan fingerprint density at radius 3 is 2.86 bits per heavy atom. The van der Waals surface area contributed by atoms with Crippen LogP contribution in [-0.4, -0.2) is 33.9 Å². The molecule has 1 fully saturated rings. The van der Waals surface area contributed by atoms with Crippen LogP contribution in [0, 0.1) is 5.92 Å². The number of aromatic nitrogens is 3. The maximum atomic E-state index is 12.6.